The lowest BCUT2D eigenvalue weighted by atomic mass is 10.00. The second-order valence-electron chi connectivity index (χ2n) is 6.22. The zero-order valence-electron chi connectivity index (χ0n) is 12.6. The van der Waals surface area contributed by atoms with Crippen LogP contribution in [0, 0.1) is 10.1 Å². The largest absolute Gasteiger partial charge is 0.444 e. The van der Waals surface area contributed by atoms with Crippen molar-refractivity contribution in [2.45, 2.75) is 52.3 Å². The van der Waals surface area contributed by atoms with Crippen LogP contribution < -0.4 is 0 Å². The van der Waals surface area contributed by atoms with Crippen molar-refractivity contribution in [2.24, 2.45) is 0 Å². The van der Waals surface area contributed by atoms with Gasteiger partial charge < -0.3 is 9.64 Å². The summed E-state index contributed by atoms with van der Waals surface area (Å²) < 4.78 is 5.37. The molecule has 1 aromatic rings. The van der Waals surface area contributed by atoms with Gasteiger partial charge in [0.2, 0.25) is 0 Å². The van der Waals surface area contributed by atoms with Crippen molar-refractivity contribution < 1.29 is 14.5 Å². The molecule has 0 aromatic carbocycles. The molecule has 1 aliphatic rings. The molecule has 0 spiro atoms. The normalized spacial score (nSPS) is 18.1. The molecule has 0 N–H and O–H groups in total. The van der Waals surface area contributed by atoms with Crippen molar-refractivity contribution in [2.75, 3.05) is 0 Å². The average molecular weight is 293 g/mol. The van der Waals surface area contributed by atoms with E-state index in [4.69, 9.17) is 4.74 Å². The van der Waals surface area contributed by atoms with Gasteiger partial charge in [-0.2, -0.15) is 0 Å². The van der Waals surface area contributed by atoms with Crippen molar-refractivity contribution in [3.8, 4) is 0 Å². The number of hydrogen-bond acceptors (Lipinski definition) is 5. The van der Waals surface area contributed by atoms with Crippen LogP contribution in [0.4, 0.5) is 10.5 Å². The summed E-state index contributed by atoms with van der Waals surface area (Å²) in [6, 6.07) is 1.42. The minimum atomic E-state index is -0.571. The molecule has 0 saturated carbocycles. The molecule has 2 rings (SSSR count). The first-order chi connectivity index (χ1) is 9.67. The maximum Gasteiger partial charge on any atom is 0.410 e. The lowest BCUT2D eigenvalue weighted by Crippen LogP contribution is -2.45. The predicted molar refractivity (Wildman–Crippen MR) is 75.8 cm³/mol. The topological polar surface area (TPSA) is 85.6 Å². The van der Waals surface area contributed by atoms with Gasteiger partial charge in [0.15, 0.2) is 0 Å². The molecule has 1 aliphatic heterocycles. The molecule has 1 aromatic heterocycles. The average Bonchev–Trinajstić information content (AvgIpc) is 2.35. The number of ether oxygens (including phenoxy) is 1. The summed E-state index contributed by atoms with van der Waals surface area (Å²) in [4.78, 5) is 28.3. The minimum Gasteiger partial charge on any atom is -0.444 e. The van der Waals surface area contributed by atoms with Crippen molar-refractivity contribution in [1.82, 2.24) is 9.88 Å². The Balaban J connectivity index is 2.23. The van der Waals surface area contributed by atoms with Gasteiger partial charge in [0.05, 0.1) is 11.5 Å². The van der Waals surface area contributed by atoms with Crippen molar-refractivity contribution >= 4 is 11.8 Å². The van der Waals surface area contributed by atoms with Gasteiger partial charge in [-0.1, -0.05) is 0 Å². The van der Waals surface area contributed by atoms with Crippen LogP contribution in [0.2, 0.25) is 0 Å². The highest BCUT2D eigenvalue weighted by atomic mass is 16.6. The number of nitro groups is 1. The molecule has 0 radical (unpaired) electrons. The van der Waals surface area contributed by atoms with Crippen LogP contribution in [0.3, 0.4) is 0 Å². The number of carbonyl (C=O) groups excluding carboxylic acids is 1. The third-order valence-electron chi connectivity index (χ3n) is 3.25. The molecule has 0 saturated heterocycles. The fourth-order valence-electron chi connectivity index (χ4n) is 2.24. The van der Waals surface area contributed by atoms with E-state index < -0.39 is 16.6 Å². The first-order valence-electron chi connectivity index (χ1n) is 6.79. The zero-order chi connectivity index (χ0) is 15.8. The Morgan fingerprint density at radius 3 is 2.76 bits per heavy atom. The lowest BCUT2D eigenvalue weighted by Gasteiger charge is -2.35. The van der Waals surface area contributed by atoms with E-state index in [1.54, 1.807) is 25.7 Å². The van der Waals surface area contributed by atoms with Crippen molar-refractivity contribution in [3.05, 3.63) is 33.6 Å². The molecule has 2 heterocycles. The Labute approximate surface area is 123 Å². The Bertz CT molecular complexity index is 580. The molecule has 1 atom stereocenters. The van der Waals surface area contributed by atoms with Gasteiger partial charge in [-0.15, -0.1) is 0 Å². The monoisotopic (exact) mass is 293 g/mol. The van der Waals surface area contributed by atoms with Crippen LogP contribution in [-0.4, -0.2) is 32.5 Å². The van der Waals surface area contributed by atoms with Crippen molar-refractivity contribution in [1.29, 1.82) is 0 Å². The third kappa shape index (κ3) is 3.48. The van der Waals surface area contributed by atoms with Crippen LogP contribution >= 0.6 is 0 Å². The molecule has 7 nitrogen and oxygen atoms in total. The van der Waals surface area contributed by atoms with Gasteiger partial charge in [0.1, 0.15) is 11.8 Å². The molecule has 0 aliphatic carbocycles. The molecule has 0 bridgehead atoms. The highest BCUT2D eigenvalue weighted by Crippen LogP contribution is 2.26. The summed E-state index contributed by atoms with van der Waals surface area (Å²) >= 11 is 0. The summed E-state index contributed by atoms with van der Waals surface area (Å²) in [5.74, 6) is 0. The second kappa shape index (κ2) is 5.31. The van der Waals surface area contributed by atoms with E-state index >= 15 is 0 Å². The number of amides is 1. The maximum absolute atomic E-state index is 12.2. The first-order valence-corrected chi connectivity index (χ1v) is 6.79. The third-order valence-corrected chi connectivity index (χ3v) is 3.25. The fraction of sp³-hybridized carbons (Fsp3) is 0.571. The predicted octanol–water partition coefficient (Wildman–Crippen LogP) is 2.67. The fourth-order valence-corrected chi connectivity index (χ4v) is 2.24. The smallest absolute Gasteiger partial charge is 0.410 e. The summed E-state index contributed by atoms with van der Waals surface area (Å²) in [5.41, 5.74) is 0.867. The van der Waals surface area contributed by atoms with E-state index in [1.807, 2.05) is 6.92 Å². The van der Waals surface area contributed by atoms with Crippen molar-refractivity contribution in [3.63, 3.8) is 0 Å². The van der Waals surface area contributed by atoms with Gasteiger partial charge >= 0.3 is 6.09 Å². The van der Waals surface area contributed by atoms with E-state index in [-0.39, 0.29) is 18.3 Å². The molecule has 114 valence electrons. The number of pyridine rings is 1. The highest BCUT2D eigenvalue weighted by molar-refractivity contribution is 5.69. The van der Waals surface area contributed by atoms with Gasteiger partial charge in [-0.05, 0) is 27.7 Å². The van der Waals surface area contributed by atoms with E-state index in [2.05, 4.69) is 4.98 Å². The van der Waals surface area contributed by atoms with Gasteiger partial charge in [-0.25, -0.2) is 4.79 Å². The van der Waals surface area contributed by atoms with E-state index in [0.717, 1.165) is 5.69 Å². The minimum absolute atomic E-state index is 0.0543. The summed E-state index contributed by atoms with van der Waals surface area (Å²) in [7, 11) is 0. The molecule has 1 amide bonds. The molecule has 7 heteroatoms. The maximum atomic E-state index is 12.2. The van der Waals surface area contributed by atoms with Crippen LogP contribution in [0.1, 0.15) is 39.0 Å². The van der Waals surface area contributed by atoms with Crippen LogP contribution in [-0.2, 0) is 17.7 Å². The molecule has 21 heavy (non-hydrogen) atoms. The standard InChI is InChI=1S/C14H19N3O4/c1-9-5-12-10(6-11(7-15-12)17(19)20)8-16(9)13(18)21-14(2,3)4/h6-7,9H,5,8H2,1-4H3/t9-/m1/s1. The quantitative estimate of drug-likeness (QED) is 0.587. The Morgan fingerprint density at radius 2 is 2.19 bits per heavy atom. The Hall–Kier alpha value is -2.18. The van der Waals surface area contributed by atoms with Gasteiger partial charge in [-0.3, -0.25) is 15.1 Å². The number of nitrogens with zero attached hydrogens (tertiary/aromatic N) is 3. The van der Waals surface area contributed by atoms with E-state index in [9.17, 15) is 14.9 Å². The summed E-state index contributed by atoms with van der Waals surface area (Å²) in [5, 5.41) is 10.8. The Kier molecular flexibility index (Phi) is 3.85. The van der Waals surface area contributed by atoms with Gasteiger partial charge in [0, 0.05) is 29.8 Å². The lowest BCUT2D eigenvalue weighted by molar-refractivity contribution is -0.385. The molecular formula is C14H19N3O4. The Morgan fingerprint density at radius 1 is 1.52 bits per heavy atom. The summed E-state index contributed by atoms with van der Waals surface area (Å²) in [6.07, 6.45) is 1.41. The number of carbonyl (C=O) groups is 1. The van der Waals surface area contributed by atoms with Crippen LogP contribution in [0.15, 0.2) is 12.3 Å². The first kappa shape index (κ1) is 15.2. The van der Waals surface area contributed by atoms with Crippen LogP contribution in [0.25, 0.3) is 0 Å². The molecular weight excluding hydrogens is 274 g/mol. The van der Waals surface area contributed by atoms with Gasteiger partial charge in [0.25, 0.3) is 5.69 Å². The van der Waals surface area contributed by atoms with Crippen LogP contribution in [0.5, 0.6) is 0 Å². The molecule has 0 unspecified atom stereocenters. The van der Waals surface area contributed by atoms with E-state index in [0.29, 0.717) is 12.0 Å². The van der Waals surface area contributed by atoms with E-state index in [1.165, 1.54) is 12.3 Å². The zero-order valence-corrected chi connectivity index (χ0v) is 12.6. The molecule has 0 fully saturated rings. The number of rotatable bonds is 1. The number of fused-ring (bicyclic) bond motifs is 1. The SMILES string of the molecule is C[C@@H]1Cc2ncc([N+](=O)[O-])cc2CN1C(=O)OC(C)(C)C. The second-order valence-corrected chi connectivity index (χ2v) is 6.22. The summed E-state index contributed by atoms with van der Waals surface area (Å²) in [6.45, 7) is 7.61. The number of aromatic nitrogens is 1. The number of hydrogen-bond donors (Lipinski definition) is 0. The highest BCUT2D eigenvalue weighted by Gasteiger charge is 2.31.